The van der Waals surface area contributed by atoms with Crippen molar-refractivity contribution in [1.29, 1.82) is 0 Å². The summed E-state index contributed by atoms with van der Waals surface area (Å²) in [5.74, 6) is -0.274. The van der Waals surface area contributed by atoms with Crippen molar-refractivity contribution < 1.29 is 9.21 Å². The second kappa shape index (κ2) is 2.89. The van der Waals surface area contributed by atoms with Crippen LogP contribution in [-0.2, 0) is 0 Å². The van der Waals surface area contributed by atoms with E-state index < -0.39 is 11.5 Å². The number of tetrazole rings is 1. The molecule has 0 saturated heterocycles. The van der Waals surface area contributed by atoms with Crippen molar-refractivity contribution in [2.75, 3.05) is 0 Å². The summed E-state index contributed by atoms with van der Waals surface area (Å²) >= 11 is 0. The molecule has 2 aromatic heterocycles. The van der Waals surface area contributed by atoms with Crippen LogP contribution in [0.25, 0.3) is 22.4 Å². The summed E-state index contributed by atoms with van der Waals surface area (Å²) in [6.07, 6.45) is 0. The number of para-hydroxylation sites is 1. The highest BCUT2D eigenvalue weighted by Crippen LogP contribution is 2.33. The molecule has 0 spiro atoms. The molecule has 1 aliphatic rings. The Bertz CT molecular complexity index is 877. The van der Waals surface area contributed by atoms with Gasteiger partial charge in [0.25, 0.3) is 5.91 Å². The molecule has 0 bridgehead atoms. The zero-order valence-corrected chi connectivity index (χ0v) is 8.82. The molecule has 0 saturated carbocycles. The van der Waals surface area contributed by atoms with Crippen LogP contribution < -0.4 is 5.63 Å². The average molecular weight is 240 g/mol. The average Bonchev–Trinajstić information content (AvgIpc) is 2.93. The Morgan fingerprint density at radius 3 is 2.83 bits per heavy atom. The molecule has 7 heteroatoms. The van der Waals surface area contributed by atoms with Crippen LogP contribution in [0.4, 0.5) is 0 Å². The molecule has 0 unspecified atom stereocenters. The van der Waals surface area contributed by atoms with Gasteiger partial charge in [0, 0.05) is 5.39 Å². The normalized spacial score (nSPS) is 12.8. The summed E-state index contributed by atoms with van der Waals surface area (Å²) in [5, 5.41) is 11.4. The van der Waals surface area contributed by atoms with Crippen molar-refractivity contribution in [1.82, 2.24) is 20.2 Å². The van der Waals surface area contributed by atoms with E-state index in [1.165, 1.54) is 0 Å². The SMILES string of the molecule is O=C1c2c(c3ccccc3oc2=O)-c2nnnn21. The number of carbonyl (C=O) groups excluding carboxylic acids is 1. The molecule has 0 aliphatic carbocycles. The maximum absolute atomic E-state index is 12.0. The van der Waals surface area contributed by atoms with E-state index in [-0.39, 0.29) is 11.4 Å². The number of hydrogen-bond acceptors (Lipinski definition) is 6. The topological polar surface area (TPSA) is 90.9 Å². The van der Waals surface area contributed by atoms with Crippen LogP contribution >= 0.6 is 0 Å². The predicted molar refractivity (Wildman–Crippen MR) is 59.0 cm³/mol. The molecule has 86 valence electrons. The molecule has 0 N–H and O–H groups in total. The third-order valence-electron chi connectivity index (χ3n) is 2.91. The minimum absolute atomic E-state index is 0.0360. The third-order valence-corrected chi connectivity index (χ3v) is 2.91. The minimum atomic E-state index is -0.680. The van der Waals surface area contributed by atoms with Crippen LogP contribution in [0, 0.1) is 0 Å². The number of aromatic nitrogens is 4. The van der Waals surface area contributed by atoms with Gasteiger partial charge >= 0.3 is 5.63 Å². The van der Waals surface area contributed by atoms with E-state index in [1.54, 1.807) is 24.3 Å². The smallest absolute Gasteiger partial charge is 0.350 e. The van der Waals surface area contributed by atoms with Gasteiger partial charge in [0.2, 0.25) is 0 Å². The second-order valence-corrected chi connectivity index (χ2v) is 3.86. The summed E-state index contributed by atoms with van der Waals surface area (Å²) in [5.41, 5.74) is 0.134. The van der Waals surface area contributed by atoms with Crippen molar-refractivity contribution in [3.8, 4) is 11.4 Å². The fraction of sp³-hybridized carbons (Fsp3) is 0. The molecule has 0 fully saturated rings. The van der Waals surface area contributed by atoms with Crippen LogP contribution in [0.3, 0.4) is 0 Å². The number of rotatable bonds is 0. The summed E-state index contributed by atoms with van der Waals surface area (Å²) < 4.78 is 6.12. The fourth-order valence-electron chi connectivity index (χ4n) is 2.16. The Morgan fingerprint density at radius 2 is 1.94 bits per heavy atom. The van der Waals surface area contributed by atoms with Crippen molar-refractivity contribution in [3.05, 3.63) is 40.2 Å². The lowest BCUT2D eigenvalue weighted by Crippen LogP contribution is -2.17. The fourth-order valence-corrected chi connectivity index (χ4v) is 2.16. The van der Waals surface area contributed by atoms with Gasteiger partial charge < -0.3 is 4.42 Å². The van der Waals surface area contributed by atoms with Gasteiger partial charge in [-0.1, -0.05) is 18.2 Å². The van der Waals surface area contributed by atoms with E-state index in [4.69, 9.17) is 4.42 Å². The van der Waals surface area contributed by atoms with Gasteiger partial charge in [-0.3, -0.25) is 4.79 Å². The summed E-state index contributed by atoms with van der Waals surface area (Å²) in [6, 6.07) is 6.96. The number of nitrogens with zero attached hydrogens (tertiary/aromatic N) is 4. The van der Waals surface area contributed by atoms with Gasteiger partial charge in [-0.25, -0.2) is 4.79 Å². The van der Waals surface area contributed by atoms with Gasteiger partial charge in [0.05, 0.1) is 5.56 Å². The molecule has 0 amide bonds. The highest BCUT2D eigenvalue weighted by Gasteiger charge is 2.35. The molecule has 1 aliphatic heterocycles. The maximum Gasteiger partial charge on any atom is 0.350 e. The monoisotopic (exact) mass is 240 g/mol. The Kier molecular flexibility index (Phi) is 1.48. The van der Waals surface area contributed by atoms with Crippen molar-refractivity contribution in [3.63, 3.8) is 0 Å². The van der Waals surface area contributed by atoms with Crippen LogP contribution in [0.1, 0.15) is 10.4 Å². The van der Waals surface area contributed by atoms with Crippen LogP contribution in [0.2, 0.25) is 0 Å². The van der Waals surface area contributed by atoms with Crippen LogP contribution in [-0.4, -0.2) is 26.1 Å². The van der Waals surface area contributed by atoms with Crippen molar-refractivity contribution in [2.45, 2.75) is 0 Å². The second-order valence-electron chi connectivity index (χ2n) is 3.86. The molecular formula is C11H4N4O3. The molecular weight excluding hydrogens is 236 g/mol. The molecule has 3 heterocycles. The summed E-state index contributed by atoms with van der Waals surface area (Å²) in [4.78, 5) is 23.8. The first kappa shape index (κ1) is 9.23. The quantitative estimate of drug-likeness (QED) is 0.327. The largest absolute Gasteiger partial charge is 0.422 e. The van der Waals surface area contributed by atoms with E-state index in [0.717, 1.165) is 4.68 Å². The Hall–Kier alpha value is -2.83. The zero-order chi connectivity index (χ0) is 12.3. The van der Waals surface area contributed by atoms with E-state index in [1.807, 2.05) is 0 Å². The predicted octanol–water partition coefficient (Wildman–Crippen LogP) is 0.448. The summed E-state index contributed by atoms with van der Waals surface area (Å²) in [7, 11) is 0. The minimum Gasteiger partial charge on any atom is -0.422 e. The van der Waals surface area contributed by atoms with Gasteiger partial charge in [0.15, 0.2) is 5.82 Å². The highest BCUT2D eigenvalue weighted by atomic mass is 16.4. The Balaban J connectivity index is 2.31. The number of benzene rings is 1. The van der Waals surface area contributed by atoms with Gasteiger partial charge in [-0.2, -0.15) is 4.68 Å². The molecule has 0 radical (unpaired) electrons. The zero-order valence-electron chi connectivity index (χ0n) is 8.82. The van der Waals surface area contributed by atoms with Crippen molar-refractivity contribution in [2.24, 2.45) is 0 Å². The number of fused-ring (bicyclic) bond motifs is 5. The lowest BCUT2D eigenvalue weighted by atomic mass is 10.1. The number of hydrogen-bond donors (Lipinski definition) is 0. The molecule has 0 atom stereocenters. The standard InChI is InChI=1S/C11H4N4O3/c16-10-8-7(9-12-13-14-15(9)10)5-3-1-2-4-6(5)18-11(8)17/h1-4H. The van der Waals surface area contributed by atoms with E-state index in [2.05, 4.69) is 15.5 Å². The third kappa shape index (κ3) is 0.915. The first-order valence-electron chi connectivity index (χ1n) is 5.16. The van der Waals surface area contributed by atoms with Crippen molar-refractivity contribution >= 4 is 16.9 Å². The first-order chi connectivity index (χ1) is 8.77. The Morgan fingerprint density at radius 1 is 1.11 bits per heavy atom. The van der Waals surface area contributed by atoms with Crippen LogP contribution in [0.5, 0.6) is 0 Å². The van der Waals surface area contributed by atoms with Gasteiger partial charge in [-0.15, -0.1) is 5.10 Å². The Labute approximate surface area is 98.6 Å². The lowest BCUT2D eigenvalue weighted by Gasteiger charge is -2.00. The van der Waals surface area contributed by atoms with Gasteiger partial charge in [-0.05, 0) is 16.5 Å². The lowest BCUT2D eigenvalue weighted by molar-refractivity contribution is 0.0949. The molecule has 1 aromatic carbocycles. The van der Waals surface area contributed by atoms with E-state index in [0.29, 0.717) is 16.5 Å². The van der Waals surface area contributed by atoms with E-state index in [9.17, 15) is 9.59 Å². The summed E-state index contributed by atoms with van der Waals surface area (Å²) in [6.45, 7) is 0. The molecule has 3 aromatic rings. The molecule has 7 nitrogen and oxygen atoms in total. The number of carbonyl (C=O) groups is 1. The van der Waals surface area contributed by atoms with Crippen LogP contribution in [0.15, 0.2) is 33.5 Å². The van der Waals surface area contributed by atoms with E-state index >= 15 is 0 Å². The van der Waals surface area contributed by atoms with Gasteiger partial charge in [0.1, 0.15) is 11.1 Å². The molecule has 4 rings (SSSR count). The maximum atomic E-state index is 12.0. The highest BCUT2D eigenvalue weighted by molar-refractivity contribution is 6.13. The first-order valence-corrected chi connectivity index (χ1v) is 5.16. The molecule has 18 heavy (non-hydrogen) atoms.